The van der Waals surface area contributed by atoms with Gasteiger partial charge in [0.1, 0.15) is 16.9 Å². The molecule has 0 atom stereocenters. The molecule has 0 spiro atoms. The van der Waals surface area contributed by atoms with Gasteiger partial charge in [-0.25, -0.2) is 4.79 Å². The third-order valence-corrected chi connectivity index (χ3v) is 8.01. The molecule has 1 saturated heterocycles. The lowest BCUT2D eigenvalue weighted by Gasteiger charge is -2.37. The van der Waals surface area contributed by atoms with Crippen molar-refractivity contribution in [2.45, 2.75) is 24.7 Å². The fourth-order valence-corrected chi connectivity index (χ4v) is 6.03. The van der Waals surface area contributed by atoms with Crippen LogP contribution in [0.5, 0.6) is 17.2 Å². The summed E-state index contributed by atoms with van der Waals surface area (Å²) in [6, 6.07) is 28.9. The smallest absolute Gasteiger partial charge is 0.341 e. The first-order chi connectivity index (χ1) is 21.5. The van der Waals surface area contributed by atoms with Crippen LogP contribution in [0, 0.1) is 3.57 Å². The fraction of sp³-hybridized carbons (Fsp3) is 0.286. The van der Waals surface area contributed by atoms with E-state index in [0.717, 1.165) is 26.7 Å². The molecule has 1 aliphatic heterocycles. The highest BCUT2D eigenvalue weighted by molar-refractivity contribution is 14.1. The molecule has 4 aromatic rings. The monoisotopic (exact) mass is 710 g/mol. The van der Waals surface area contributed by atoms with E-state index in [1.807, 2.05) is 78.9 Å². The van der Waals surface area contributed by atoms with Crippen LogP contribution in [-0.2, 0) is 24.5 Å². The van der Waals surface area contributed by atoms with Crippen molar-refractivity contribution in [3.63, 3.8) is 0 Å². The van der Waals surface area contributed by atoms with Gasteiger partial charge in [-0.1, -0.05) is 72.8 Å². The molecule has 4 aromatic carbocycles. The van der Waals surface area contributed by atoms with Crippen LogP contribution in [0.2, 0.25) is 0 Å². The summed E-state index contributed by atoms with van der Waals surface area (Å²) < 4.78 is 36.0. The molecular formula is C35H35IO8. The van der Waals surface area contributed by atoms with Crippen LogP contribution in [0.1, 0.15) is 51.7 Å². The maximum Gasteiger partial charge on any atom is 0.341 e. The molecule has 1 aliphatic rings. The minimum atomic E-state index is -1.06. The summed E-state index contributed by atoms with van der Waals surface area (Å²) in [5.74, 6) is 0.310. The van der Waals surface area contributed by atoms with Gasteiger partial charge in [-0.15, -0.1) is 0 Å². The summed E-state index contributed by atoms with van der Waals surface area (Å²) in [5.41, 5.74) is 1.99. The normalized spacial score (nSPS) is 13.8. The van der Waals surface area contributed by atoms with E-state index in [0.29, 0.717) is 36.7 Å². The van der Waals surface area contributed by atoms with Crippen molar-refractivity contribution < 1.29 is 38.3 Å². The number of carbonyl (C=O) groups excluding carboxylic acids is 1. The summed E-state index contributed by atoms with van der Waals surface area (Å²) >= 11 is 2.09. The van der Waals surface area contributed by atoms with Gasteiger partial charge in [0, 0.05) is 15.6 Å². The largest absolute Gasteiger partial charge is 0.507 e. The Hall–Kier alpha value is -3.64. The van der Waals surface area contributed by atoms with Gasteiger partial charge in [0.2, 0.25) is 0 Å². The number of hydrogen-bond acceptors (Lipinski definition) is 8. The van der Waals surface area contributed by atoms with Crippen LogP contribution in [0.3, 0.4) is 0 Å². The maximum absolute atomic E-state index is 13.1. The Labute approximate surface area is 271 Å². The summed E-state index contributed by atoms with van der Waals surface area (Å²) in [7, 11) is 3.22. The van der Waals surface area contributed by atoms with E-state index in [2.05, 4.69) is 22.6 Å². The molecule has 1 heterocycles. The molecule has 0 bridgehead atoms. The van der Waals surface area contributed by atoms with Crippen molar-refractivity contribution in [3.05, 3.63) is 122 Å². The Kier molecular flexibility index (Phi) is 10.8. The van der Waals surface area contributed by atoms with E-state index < -0.39 is 17.9 Å². The highest BCUT2D eigenvalue weighted by atomic mass is 127. The quantitative estimate of drug-likeness (QED) is 0.0728. The van der Waals surface area contributed by atoms with Gasteiger partial charge in [-0.05, 0) is 58.3 Å². The van der Waals surface area contributed by atoms with Gasteiger partial charge in [0.05, 0.1) is 46.2 Å². The third-order valence-electron chi connectivity index (χ3n) is 7.39. The van der Waals surface area contributed by atoms with Crippen molar-refractivity contribution in [1.29, 1.82) is 0 Å². The predicted octanol–water partition coefficient (Wildman–Crippen LogP) is 7.01. The topological polar surface area (TPSA) is 92.7 Å². The molecule has 0 saturated carbocycles. The van der Waals surface area contributed by atoms with E-state index in [9.17, 15) is 9.90 Å². The molecule has 1 N–H and O–H groups in total. The molecule has 9 heteroatoms. The molecule has 44 heavy (non-hydrogen) atoms. The number of rotatable bonds is 12. The number of phenols is 1. The van der Waals surface area contributed by atoms with Crippen molar-refractivity contribution in [2.24, 2.45) is 0 Å². The van der Waals surface area contributed by atoms with Crippen molar-refractivity contribution >= 4 is 28.6 Å². The summed E-state index contributed by atoms with van der Waals surface area (Å²) in [6.45, 7) is 1.35. The second-order valence-electron chi connectivity index (χ2n) is 10.1. The van der Waals surface area contributed by atoms with Crippen molar-refractivity contribution in [3.8, 4) is 17.2 Å². The lowest BCUT2D eigenvalue weighted by Crippen LogP contribution is -2.34. The van der Waals surface area contributed by atoms with Gasteiger partial charge < -0.3 is 33.5 Å². The number of halogens is 1. The van der Waals surface area contributed by atoms with Gasteiger partial charge >= 0.3 is 5.97 Å². The minimum absolute atomic E-state index is 0.0645. The van der Waals surface area contributed by atoms with Gasteiger partial charge in [0.25, 0.3) is 0 Å². The van der Waals surface area contributed by atoms with Gasteiger partial charge in [-0.3, -0.25) is 0 Å². The van der Waals surface area contributed by atoms with E-state index in [4.69, 9.17) is 28.4 Å². The lowest BCUT2D eigenvalue weighted by atomic mass is 9.79. The van der Waals surface area contributed by atoms with E-state index in [1.54, 1.807) is 26.4 Å². The van der Waals surface area contributed by atoms with E-state index >= 15 is 0 Å². The van der Waals surface area contributed by atoms with Crippen LogP contribution >= 0.6 is 22.6 Å². The van der Waals surface area contributed by atoms with Crippen LogP contribution in [0.4, 0.5) is 0 Å². The van der Waals surface area contributed by atoms with Crippen molar-refractivity contribution in [1.82, 2.24) is 0 Å². The zero-order chi connectivity index (χ0) is 30.9. The molecule has 0 amide bonds. The lowest BCUT2D eigenvalue weighted by molar-refractivity contribution is -0.183. The summed E-state index contributed by atoms with van der Waals surface area (Å²) in [6.07, 6.45) is 0.445. The standard InChI is InChI=1S/C35H35IO8/c1-39-30-17-9-16-29(32(30)40-2)35(24-12-5-3-6-13-24,25-14-7-4-8-15-25)44-21-11-18-41-33(38)27-22-26(36)23-28(31(27)37)34-42-19-10-20-43-34/h3-9,12-17,22-23,34,37H,10-11,18-21H2,1-2H3. The molecule has 0 radical (unpaired) electrons. The number of phenolic OH excluding ortho intramolecular Hbond substituents is 1. The zero-order valence-corrected chi connectivity index (χ0v) is 26.8. The number of benzene rings is 4. The molecular weight excluding hydrogens is 675 g/mol. The average Bonchev–Trinajstić information content (AvgIpc) is 3.08. The summed E-state index contributed by atoms with van der Waals surface area (Å²) in [4.78, 5) is 13.1. The number of carbonyl (C=O) groups is 1. The first-order valence-electron chi connectivity index (χ1n) is 14.4. The van der Waals surface area contributed by atoms with E-state index in [1.165, 1.54) is 0 Å². The Balaban J connectivity index is 1.38. The molecule has 1 fully saturated rings. The number of aromatic hydroxyl groups is 1. The Morgan fingerprint density at radius 3 is 2.16 bits per heavy atom. The average molecular weight is 711 g/mol. The third kappa shape index (κ3) is 6.71. The first kappa shape index (κ1) is 31.8. The van der Waals surface area contributed by atoms with Crippen LogP contribution in [-0.4, -0.2) is 51.7 Å². The maximum atomic E-state index is 13.1. The number of hydrogen-bond donors (Lipinski definition) is 1. The second kappa shape index (κ2) is 14.9. The fourth-order valence-electron chi connectivity index (χ4n) is 5.38. The molecule has 5 rings (SSSR count). The highest BCUT2D eigenvalue weighted by Crippen LogP contribution is 2.47. The van der Waals surface area contributed by atoms with Gasteiger partial charge in [-0.2, -0.15) is 0 Å². The number of esters is 1. The summed E-state index contributed by atoms with van der Waals surface area (Å²) in [5, 5.41) is 10.9. The second-order valence-corrected chi connectivity index (χ2v) is 11.4. The van der Waals surface area contributed by atoms with Crippen molar-refractivity contribution in [2.75, 3.05) is 40.6 Å². The van der Waals surface area contributed by atoms with Gasteiger partial charge in [0.15, 0.2) is 17.8 Å². The predicted molar refractivity (Wildman–Crippen MR) is 173 cm³/mol. The Morgan fingerprint density at radius 1 is 0.886 bits per heavy atom. The van der Waals surface area contributed by atoms with E-state index in [-0.39, 0.29) is 24.5 Å². The van der Waals surface area contributed by atoms with Crippen LogP contribution in [0.15, 0.2) is 91.0 Å². The number of para-hydroxylation sites is 1. The van der Waals surface area contributed by atoms with Crippen LogP contribution in [0.25, 0.3) is 0 Å². The number of ether oxygens (including phenoxy) is 6. The first-order valence-corrected chi connectivity index (χ1v) is 15.5. The highest BCUT2D eigenvalue weighted by Gasteiger charge is 2.41. The Bertz CT molecular complexity index is 1500. The molecule has 0 aliphatic carbocycles. The Morgan fingerprint density at radius 2 is 1.55 bits per heavy atom. The molecule has 0 aromatic heterocycles. The molecule has 8 nitrogen and oxygen atoms in total. The number of methoxy groups -OCH3 is 2. The van der Waals surface area contributed by atoms with Crippen LogP contribution < -0.4 is 9.47 Å². The molecule has 0 unspecified atom stereocenters. The SMILES string of the molecule is COc1cccc(C(OCCCOC(=O)c2cc(I)cc(C3OCCCO3)c2O)(c2ccccc2)c2ccccc2)c1OC. The zero-order valence-electron chi connectivity index (χ0n) is 24.7. The molecule has 230 valence electrons. The minimum Gasteiger partial charge on any atom is -0.507 e.